The van der Waals surface area contributed by atoms with Crippen LogP contribution in [0, 0.1) is 0 Å². The van der Waals surface area contributed by atoms with Gasteiger partial charge in [-0.25, -0.2) is 4.79 Å². The van der Waals surface area contributed by atoms with Crippen LogP contribution in [0.25, 0.3) is 6.08 Å². The monoisotopic (exact) mass is 399 g/mol. The van der Waals surface area contributed by atoms with Crippen molar-refractivity contribution < 1.29 is 9.90 Å². The van der Waals surface area contributed by atoms with Crippen molar-refractivity contribution in [1.29, 1.82) is 0 Å². The molecule has 0 atom stereocenters. The molecule has 3 nitrogen and oxygen atoms in total. The first-order valence-corrected chi connectivity index (χ1v) is 11.5. The number of para-hydroxylation sites is 1. The molecule has 0 unspecified atom stereocenters. The van der Waals surface area contributed by atoms with E-state index in [1.165, 1.54) is 82.3 Å². The van der Waals surface area contributed by atoms with Crippen LogP contribution in [-0.2, 0) is 4.79 Å². The number of carbonyl (C=O) groups is 1. The van der Waals surface area contributed by atoms with E-state index in [9.17, 15) is 4.79 Å². The lowest BCUT2D eigenvalue weighted by atomic mass is 10.0. The summed E-state index contributed by atoms with van der Waals surface area (Å²) < 4.78 is 0. The van der Waals surface area contributed by atoms with Gasteiger partial charge in [-0.05, 0) is 49.8 Å². The molecule has 0 aromatic heterocycles. The van der Waals surface area contributed by atoms with Crippen molar-refractivity contribution in [1.82, 2.24) is 0 Å². The molecule has 0 radical (unpaired) electrons. The Bertz CT molecular complexity index is 606. The summed E-state index contributed by atoms with van der Waals surface area (Å²) in [6, 6.07) is 7.81. The first-order chi connectivity index (χ1) is 14.1. The average Bonchev–Trinajstić information content (AvgIpc) is 2.71. The zero-order valence-corrected chi connectivity index (χ0v) is 18.4. The van der Waals surface area contributed by atoms with Crippen LogP contribution >= 0.6 is 0 Å². The first kappa shape index (κ1) is 25.0. The molecule has 3 heteroatoms. The van der Waals surface area contributed by atoms with Gasteiger partial charge in [0.15, 0.2) is 0 Å². The zero-order valence-electron chi connectivity index (χ0n) is 18.4. The fraction of sp³-hybridized carbons (Fsp3) is 0.577. The van der Waals surface area contributed by atoms with Gasteiger partial charge < -0.3 is 10.4 Å². The van der Waals surface area contributed by atoms with E-state index >= 15 is 0 Å². The Kier molecular flexibility index (Phi) is 14.6. The summed E-state index contributed by atoms with van der Waals surface area (Å²) in [6.07, 6.45) is 19.6. The Morgan fingerprint density at radius 2 is 1.52 bits per heavy atom. The maximum atomic E-state index is 10.7. The minimum atomic E-state index is -0.924. The second kappa shape index (κ2) is 16.9. The zero-order chi connectivity index (χ0) is 21.2. The van der Waals surface area contributed by atoms with E-state index in [1.54, 1.807) is 6.08 Å². The molecule has 0 aliphatic rings. The lowest BCUT2D eigenvalue weighted by Crippen LogP contribution is -2.03. The predicted octanol–water partition coefficient (Wildman–Crippen LogP) is 7.84. The highest BCUT2D eigenvalue weighted by atomic mass is 16.4. The molecule has 0 bridgehead atoms. The van der Waals surface area contributed by atoms with E-state index in [1.807, 2.05) is 24.3 Å². The number of carboxylic acid groups (broad SMARTS) is 1. The molecule has 0 saturated heterocycles. The SMILES string of the molecule is C=C(CCCCCCCCCC)CCCCCNc1ccccc1/C=C/C(=O)O. The Labute approximate surface area is 178 Å². The average molecular weight is 400 g/mol. The largest absolute Gasteiger partial charge is 0.478 e. The lowest BCUT2D eigenvalue weighted by molar-refractivity contribution is -0.131. The van der Waals surface area contributed by atoms with Crippen LogP contribution < -0.4 is 5.32 Å². The summed E-state index contributed by atoms with van der Waals surface area (Å²) in [5.74, 6) is -0.924. The molecule has 0 heterocycles. The Balaban J connectivity index is 2.04. The summed E-state index contributed by atoms with van der Waals surface area (Å²) in [5, 5.41) is 12.2. The standard InChI is InChI=1S/C26H41NO2/c1-3-4-5-6-7-8-9-11-16-23(2)17-12-10-15-22-27-25-19-14-13-18-24(25)20-21-26(28)29/h13-14,18-21,27H,2-12,15-17,22H2,1H3,(H,28,29)/b21-20+. The van der Waals surface area contributed by atoms with Gasteiger partial charge in [0, 0.05) is 18.3 Å². The normalized spacial score (nSPS) is 11.1. The number of rotatable bonds is 18. The van der Waals surface area contributed by atoms with Crippen molar-refractivity contribution >= 4 is 17.7 Å². The molecular weight excluding hydrogens is 358 g/mol. The van der Waals surface area contributed by atoms with E-state index in [4.69, 9.17) is 5.11 Å². The maximum absolute atomic E-state index is 10.7. The summed E-state index contributed by atoms with van der Waals surface area (Å²) >= 11 is 0. The van der Waals surface area contributed by atoms with E-state index in [0.717, 1.165) is 30.6 Å². The van der Waals surface area contributed by atoms with Gasteiger partial charge in [-0.1, -0.05) is 88.6 Å². The minimum absolute atomic E-state index is 0.905. The fourth-order valence-electron chi connectivity index (χ4n) is 3.50. The van der Waals surface area contributed by atoms with Crippen molar-refractivity contribution in [3.63, 3.8) is 0 Å². The van der Waals surface area contributed by atoms with E-state index in [2.05, 4.69) is 18.8 Å². The number of carboxylic acids is 1. The Morgan fingerprint density at radius 3 is 2.17 bits per heavy atom. The van der Waals surface area contributed by atoms with Crippen molar-refractivity contribution in [2.75, 3.05) is 11.9 Å². The van der Waals surface area contributed by atoms with Crippen LogP contribution in [0.4, 0.5) is 5.69 Å². The van der Waals surface area contributed by atoms with Gasteiger partial charge in [-0.2, -0.15) is 0 Å². The Morgan fingerprint density at radius 1 is 0.931 bits per heavy atom. The number of hydrogen-bond acceptors (Lipinski definition) is 2. The number of unbranched alkanes of at least 4 members (excludes halogenated alkanes) is 9. The molecule has 0 aliphatic heterocycles. The topological polar surface area (TPSA) is 49.3 Å². The second-order valence-electron chi connectivity index (χ2n) is 7.97. The van der Waals surface area contributed by atoms with Crippen molar-refractivity contribution in [3.8, 4) is 0 Å². The summed E-state index contributed by atoms with van der Waals surface area (Å²) in [7, 11) is 0. The van der Waals surface area contributed by atoms with Gasteiger partial charge in [0.05, 0.1) is 0 Å². The number of hydrogen-bond donors (Lipinski definition) is 2. The lowest BCUT2D eigenvalue weighted by Gasteiger charge is -2.10. The molecular formula is C26H41NO2. The van der Waals surface area contributed by atoms with Crippen LogP contribution in [0.2, 0.25) is 0 Å². The second-order valence-corrected chi connectivity index (χ2v) is 7.97. The van der Waals surface area contributed by atoms with Crippen LogP contribution in [0.1, 0.15) is 96.0 Å². The maximum Gasteiger partial charge on any atom is 0.328 e. The highest BCUT2D eigenvalue weighted by Gasteiger charge is 2.00. The quantitative estimate of drug-likeness (QED) is 0.150. The number of allylic oxidation sites excluding steroid dienone is 1. The van der Waals surface area contributed by atoms with Crippen LogP contribution in [0.5, 0.6) is 0 Å². The number of nitrogens with one attached hydrogen (secondary N) is 1. The number of benzene rings is 1. The predicted molar refractivity (Wildman–Crippen MR) is 126 cm³/mol. The fourth-order valence-corrected chi connectivity index (χ4v) is 3.50. The highest BCUT2D eigenvalue weighted by Crippen LogP contribution is 2.18. The van der Waals surface area contributed by atoms with Crippen LogP contribution in [0.3, 0.4) is 0 Å². The molecule has 0 aliphatic carbocycles. The molecule has 0 spiro atoms. The summed E-state index contributed by atoms with van der Waals surface area (Å²) in [6.45, 7) is 7.43. The van der Waals surface area contributed by atoms with Gasteiger partial charge in [0.1, 0.15) is 0 Å². The summed E-state index contributed by atoms with van der Waals surface area (Å²) in [5.41, 5.74) is 3.31. The molecule has 0 saturated carbocycles. The minimum Gasteiger partial charge on any atom is -0.478 e. The molecule has 0 amide bonds. The first-order valence-electron chi connectivity index (χ1n) is 11.5. The van der Waals surface area contributed by atoms with Gasteiger partial charge in [-0.15, -0.1) is 0 Å². The van der Waals surface area contributed by atoms with Gasteiger partial charge >= 0.3 is 5.97 Å². The Hall–Kier alpha value is -2.03. The molecule has 2 N–H and O–H groups in total. The third kappa shape index (κ3) is 13.7. The highest BCUT2D eigenvalue weighted by molar-refractivity contribution is 5.86. The van der Waals surface area contributed by atoms with Crippen LogP contribution in [-0.4, -0.2) is 17.6 Å². The smallest absolute Gasteiger partial charge is 0.328 e. The van der Waals surface area contributed by atoms with Crippen molar-refractivity contribution in [2.45, 2.75) is 90.4 Å². The van der Waals surface area contributed by atoms with Gasteiger partial charge in [0.25, 0.3) is 0 Å². The molecule has 1 aromatic rings. The van der Waals surface area contributed by atoms with Crippen LogP contribution in [0.15, 0.2) is 42.5 Å². The number of anilines is 1. The van der Waals surface area contributed by atoms with E-state index in [0.29, 0.717) is 0 Å². The third-order valence-electron chi connectivity index (χ3n) is 5.27. The molecule has 29 heavy (non-hydrogen) atoms. The van der Waals surface area contributed by atoms with Gasteiger partial charge in [-0.3, -0.25) is 0 Å². The van der Waals surface area contributed by atoms with Crippen molar-refractivity contribution in [3.05, 3.63) is 48.1 Å². The van der Waals surface area contributed by atoms with Crippen molar-refractivity contribution in [2.24, 2.45) is 0 Å². The molecule has 1 rings (SSSR count). The number of aliphatic carboxylic acids is 1. The molecule has 1 aromatic carbocycles. The van der Waals surface area contributed by atoms with Gasteiger partial charge in [0.2, 0.25) is 0 Å². The molecule has 162 valence electrons. The summed E-state index contributed by atoms with van der Waals surface area (Å²) in [4.78, 5) is 10.7. The van der Waals surface area contributed by atoms with E-state index < -0.39 is 5.97 Å². The van der Waals surface area contributed by atoms with E-state index in [-0.39, 0.29) is 0 Å². The molecule has 0 fully saturated rings. The third-order valence-corrected chi connectivity index (χ3v) is 5.27.